The number of anilines is 1. The third-order valence-electron chi connectivity index (χ3n) is 5.16. The number of benzene rings is 2. The average Bonchev–Trinajstić information content (AvgIpc) is 2.97. The molecule has 0 bridgehead atoms. The number of amides is 1. The van der Waals surface area contributed by atoms with Crippen molar-refractivity contribution in [3.63, 3.8) is 0 Å². The Balaban J connectivity index is 1.80. The quantitative estimate of drug-likeness (QED) is 0.919. The summed E-state index contributed by atoms with van der Waals surface area (Å²) in [6.07, 6.45) is 1.07. The second kappa shape index (κ2) is 6.91. The van der Waals surface area contributed by atoms with Crippen LogP contribution in [0.1, 0.15) is 20.3 Å². The van der Waals surface area contributed by atoms with Gasteiger partial charge in [-0.3, -0.25) is 9.69 Å². The van der Waals surface area contributed by atoms with Crippen LogP contribution in [-0.4, -0.2) is 43.5 Å². The lowest BCUT2D eigenvalue weighted by atomic mass is 9.90. The molecule has 0 radical (unpaired) electrons. The summed E-state index contributed by atoms with van der Waals surface area (Å²) in [6, 6.07) is 14.4. The summed E-state index contributed by atoms with van der Waals surface area (Å²) in [4.78, 5) is 17.1. The van der Waals surface area contributed by atoms with Gasteiger partial charge in [-0.15, -0.1) is 0 Å². The lowest BCUT2D eigenvalue weighted by molar-refractivity contribution is -0.119. The summed E-state index contributed by atoms with van der Waals surface area (Å²) in [6.45, 7) is 7.92. The Morgan fingerprint density at radius 2 is 2.00 bits per heavy atom. The normalized spacial score (nSPS) is 21.3. The van der Waals surface area contributed by atoms with E-state index in [0.717, 1.165) is 36.0 Å². The van der Waals surface area contributed by atoms with Crippen LogP contribution in [0.4, 0.5) is 5.69 Å². The van der Waals surface area contributed by atoms with Crippen molar-refractivity contribution in [3.8, 4) is 0 Å². The summed E-state index contributed by atoms with van der Waals surface area (Å²) in [5, 5.41) is 2.29. The van der Waals surface area contributed by atoms with Crippen molar-refractivity contribution < 1.29 is 4.79 Å². The van der Waals surface area contributed by atoms with Gasteiger partial charge >= 0.3 is 0 Å². The first-order valence-electron chi connectivity index (χ1n) is 8.77. The predicted molar refractivity (Wildman–Crippen MR) is 100 cm³/mol. The van der Waals surface area contributed by atoms with Crippen LogP contribution in [0.3, 0.4) is 0 Å². The molecule has 1 fully saturated rings. The van der Waals surface area contributed by atoms with E-state index in [0.29, 0.717) is 19.6 Å². The number of likely N-dealkylation sites (N-methyl/N-ethyl adjacent to an activating group) is 1. The Morgan fingerprint density at radius 1 is 1.25 bits per heavy atom. The van der Waals surface area contributed by atoms with Crippen molar-refractivity contribution in [2.24, 2.45) is 11.1 Å². The Labute approximate surface area is 144 Å². The number of carbonyl (C=O) groups is 1. The standard InChI is InChI=1S/C20H27N3O/c1-3-23(18-10-6-8-16-7-4-5-9-17(16)18)19(24)13-22-12-11-20(2,14-21)15-22/h4-10H,3,11-15,21H2,1-2H3. The van der Waals surface area contributed by atoms with Gasteiger partial charge in [-0.05, 0) is 43.3 Å². The monoisotopic (exact) mass is 325 g/mol. The number of hydrogen-bond donors (Lipinski definition) is 1. The smallest absolute Gasteiger partial charge is 0.241 e. The first-order valence-corrected chi connectivity index (χ1v) is 8.77. The second-order valence-corrected chi connectivity index (χ2v) is 7.11. The highest BCUT2D eigenvalue weighted by molar-refractivity contribution is 6.04. The van der Waals surface area contributed by atoms with Crippen molar-refractivity contribution in [1.82, 2.24) is 4.90 Å². The van der Waals surface area contributed by atoms with Crippen LogP contribution in [0.2, 0.25) is 0 Å². The van der Waals surface area contributed by atoms with Crippen LogP contribution in [0.15, 0.2) is 42.5 Å². The second-order valence-electron chi connectivity index (χ2n) is 7.11. The number of nitrogens with zero attached hydrogens (tertiary/aromatic N) is 2. The van der Waals surface area contributed by atoms with E-state index >= 15 is 0 Å². The molecule has 0 saturated carbocycles. The summed E-state index contributed by atoms with van der Waals surface area (Å²) < 4.78 is 0. The first-order chi connectivity index (χ1) is 11.6. The molecule has 1 unspecified atom stereocenters. The molecule has 1 aliphatic heterocycles. The first kappa shape index (κ1) is 16.9. The van der Waals surface area contributed by atoms with Gasteiger partial charge in [0.15, 0.2) is 0 Å². The molecule has 0 aliphatic carbocycles. The van der Waals surface area contributed by atoms with Gasteiger partial charge in [0.1, 0.15) is 0 Å². The van der Waals surface area contributed by atoms with E-state index in [2.05, 4.69) is 30.0 Å². The van der Waals surface area contributed by atoms with E-state index in [1.54, 1.807) is 0 Å². The molecule has 1 aliphatic rings. The molecule has 2 N–H and O–H groups in total. The number of fused-ring (bicyclic) bond motifs is 1. The molecule has 1 saturated heterocycles. The minimum absolute atomic E-state index is 0.150. The van der Waals surface area contributed by atoms with Crippen molar-refractivity contribution in [2.45, 2.75) is 20.3 Å². The summed E-state index contributed by atoms with van der Waals surface area (Å²) in [7, 11) is 0. The van der Waals surface area contributed by atoms with Gasteiger partial charge in [-0.2, -0.15) is 0 Å². The maximum Gasteiger partial charge on any atom is 0.241 e. The highest BCUT2D eigenvalue weighted by Gasteiger charge is 2.33. The zero-order valence-electron chi connectivity index (χ0n) is 14.7. The van der Waals surface area contributed by atoms with Crippen LogP contribution in [-0.2, 0) is 4.79 Å². The number of carbonyl (C=O) groups excluding carboxylic acids is 1. The number of rotatable bonds is 5. The topological polar surface area (TPSA) is 49.6 Å². The third-order valence-corrected chi connectivity index (χ3v) is 5.16. The number of likely N-dealkylation sites (tertiary alicyclic amines) is 1. The van der Waals surface area contributed by atoms with Crippen molar-refractivity contribution in [2.75, 3.05) is 37.6 Å². The zero-order chi connectivity index (χ0) is 17.2. The van der Waals surface area contributed by atoms with Crippen LogP contribution >= 0.6 is 0 Å². The van der Waals surface area contributed by atoms with Crippen LogP contribution in [0.25, 0.3) is 10.8 Å². The Hall–Kier alpha value is -1.91. The van der Waals surface area contributed by atoms with E-state index in [1.165, 1.54) is 0 Å². The van der Waals surface area contributed by atoms with E-state index in [-0.39, 0.29) is 11.3 Å². The molecule has 2 aromatic carbocycles. The Kier molecular flexibility index (Phi) is 4.88. The predicted octanol–water partition coefficient (Wildman–Crippen LogP) is 2.86. The van der Waals surface area contributed by atoms with Crippen LogP contribution in [0.5, 0.6) is 0 Å². The molecule has 0 spiro atoms. The highest BCUT2D eigenvalue weighted by atomic mass is 16.2. The lowest BCUT2D eigenvalue weighted by Gasteiger charge is -2.26. The van der Waals surface area contributed by atoms with Gasteiger partial charge in [0, 0.05) is 18.5 Å². The molecule has 1 heterocycles. The molecule has 24 heavy (non-hydrogen) atoms. The van der Waals surface area contributed by atoms with E-state index in [4.69, 9.17) is 5.73 Å². The summed E-state index contributed by atoms with van der Waals surface area (Å²) in [5.41, 5.74) is 7.03. The molecule has 1 amide bonds. The molecule has 0 aromatic heterocycles. The maximum absolute atomic E-state index is 12.9. The van der Waals surface area contributed by atoms with Crippen molar-refractivity contribution in [3.05, 3.63) is 42.5 Å². The highest BCUT2D eigenvalue weighted by Crippen LogP contribution is 2.30. The van der Waals surface area contributed by atoms with Gasteiger partial charge in [-0.1, -0.05) is 43.3 Å². The molecule has 128 valence electrons. The zero-order valence-corrected chi connectivity index (χ0v) is 14.7. The van der Waals surface area contributed by atoms with Crippen LogP contribution in [0, 0.1) is 5.41 Å². The average molecular weight is 325 g/mol. The molecular weight excluding hydrogens is 298 g/mol. The Morgan fingerprint density at radius 3 is 2.71 bits per heavy atom. The molecule has 2 aromatic rings. The van der Waals surface area contributed by atoms with E-state index in [1.807, 2.05) is 36.1 Å². The van der Waals surface area contributed by atoms with Gasteiger partial charge in [0.25, 0.3) is 0 Å². The third kappa shape index (κ3) is 3.30. The van der Waals surface area contributed by atoms with E-state index in [9.17, 15) is 4.79 Å². The molecule has 4 heteroatoms. The van der Waals surface area contributed by atoms with Gasteiger partial charge < -0.3 is 10.6 Å². The summed E-state index contributed by atoms with van der Waals surface area (Å²) >= 11 is 0. The minimum atomic E-state index is 0.150. The summed E-state index contributed by atoms with van der Waals surface area (Å²) in [5.74, 6) is 0.162. The van der Waals surface area contributed by atoms with Gasteiger partial charge in [0.05, 0.1) is 12.2 Å². The van der Waals surface area contributed by atoms with Crippen molar-refractivity contribution in [1.29, 1.82) is 0 Å². The fourth-order valence-corrected chi connectivity index (χ4v) is 3.63. The van der Waals surface area contributed by atoms with Crippen molar-refractivity contribution >= 4 is 22.4 Å². The largest absolute Gasteiger partial charge is 0.330 e. The van der Waals surface area contributed by atoms with Gasteiger partial charge in [-0.25, -0.2) is 0 Å². The van der Waals surface area contributed by atoms with Crippen LogP contribution < -0.4 is 10.6 Å². The molecule has 4 nitrogen and oxygen atoms in total. The SMILES string of the molecule is CCN(C(=O)CN1CCC(C)(CN)C1)c1cccc2ccccc12. The minimum Gasteiger partial charge on any atom is -0.330 e. The molecule has 1 atom stereocenters. The fourth-order valence-electron chi connectivity index (χ4n) is 3.63. The van der Waals surface area contributed by atoms with Gasteiger partial charge in [0.2, 0.25) is 5.91 Å². The maximum atomic E-state index is 12.9. The molecular formula is C20H27N3O. The lowest BCUT2D eigenvalue weighted by Crippen LogP contribution is -2.41. The number of nitrogens with two attached hydrogens (primary N) is 1. The fraction of sp³-hybridized carbons (Fsp3) is 0.450. The number of hydrogen-bond acceptors (Lipinski definition) is 3. The van der Waals surface area contributed by atoms with E-state index < -0.39 is 0 Å². The Bertz CT molecular complexity index is 724. The molecule has 3 rings (SSSR count).